The SMILES string of the molecule is [C-]#[N+]c1cccc(C(F)(F)F)c1-c1cc(-n2c3cc(C)ccc3c3ccc(C)cc32)c(C(F)(F)F)c(-n2c3cc(C)ccc3c3ccc(C)cc32)c1. The van der Waals surface area contributed by atoms with E-state index in [9.17, 15) is 13.2 Å². The van der Waals surface area contributed by atoms with Crippen molar-refractivity contribution in [2.45, 2.75) is 40.0 Å². The maximum absolute atomic E-state index is 16.1. The van der Waals surface area contributed by atoms with Crippen LogP contribution in [-0.2, 0) is 12.4 Å². The smallest absolute Gasteiger partial charge is 0.309 e. The molecule has 0 fully saturated rings. The molecule has 52 heavy (non-hydrogen) atoms. The molecule has 2 heterocycles. The van der Waals surface area contributed by atoms with E-state index in [1.807, 2.05) is 76.2 Å². The van der Waals surface area contributed by atoms with Crippen molar-refractivity contribution in [3.8, 4) is 22.5 Å². The normalized spacial score (nSPS) is 12.4. The molecule has 0 unspecified atom stereocenters. The number of benzene rings is 6. The van der Waals surface area contributed by atoms with Gasteiger partial charge in [-0.2, -0.15) is 26.3 Å². The van der Waals surface area contributed by atoms with Crippen LogP contribution in [0.25, 0.3) is 71.0 Å². The Balaban J connectivity index is 1.67. The van der Waals surface area contributed by atoms with E-state index < -0.39 is 29.0 Å². The second-order valence-electron chi connectivity index (χ2n) is 13.4. The number of hydrogen-bond donors (Lipinski definition) is 0. The molecule has 8 aromatic rings. The molecule has 0 atom stereocenters. The van der Waals surface area contributed by atoms with E-state index in [2.05, 4.69) is 4.85 Å². The van der Waals surface area contributed by atoms with Gasteiger partial charge in [0.1, 0.15) is 5.56 Å². The van der Waals surface area contributed by atoms with Crippen molar-refractivity contribution in [2.75, 3.05) is 0 Å². The molecule has 3 nitrogen and oxygen atoms in total. The maximum atomic E-state index is 16.1. The second-order valence-corrected chi connectivity index (χ2v) is 13.4. The molecule has 8 rings (SSSR count). The lowest BCUT2D eigenvalue weighted by atomic mass is 9.94. The lowest BCUT2D eigenvalue weighted by molar-refractivity contribution is -0.138. The Labute approximate surface area is 294 Å². The van der Waals surface area contributed by atoms with E-state index in [1.165, 1.54) is 27.3 Å². The van der Waals surface area contributed by atoms with E-state index in [0.717, 1.165) is 34.4 Å². The van der Waals surface area contributed by atoms with Crippen LogP contribution in [0, 0.1) is 34.3 Å². The van der Waals surface area contributed by atoms with Crippen LogP contribution >= 0.6 is 0 Å². The Hall–Kier alpha value is -6.01. The van der Waals surface area contributed by atoms with Crippen LogP contribution in [0.1, 0.15) is 33.4 Å². The van der Waals surface area contributed by atoms with Crippen LogP contribution < -0.4 is 0 Å². The van der Waals surface area contributed by atoms with Crippen molar-refractivity contribution in [1.82, 2.24) is 9.13 Å². The summed E-state index contributed by atoms with van der Waals surface area (Å²) in [7, 11) is 0. The van der Waals surface area contributed by atoms with Crippen molar-refractivity contribution < 1.29 is 26.3 Å². The third-order valence-electron chi connectivity index (χ3n) is 9.78. The molecule has 9 heteroatoms. The molecular weight excluding hydrogens is 672 g/mol. The zero-order valence-corrected chi connectivity index (χ0v) is 28.4. The molecular formula is C43H29F6N3. The molecule has 0 spiro atoms. The summed E-state index contributed by atoms with van der Waals surface area (Å²) < 4.78 is 95.7. The predicted molar refractivity (Wildman–Crippen MR) is 196 cm³/mol. The third-order valence-corrected chi connectivity index (χ3v) is 9.78. The zero-order chi connectivity index (χ0) is 36.9. The molecule has 2 aromatic heterocycles. The highest BCUT2D eigenvalue weighted by Crippen LogP contribution is 2.49. The van der Waals surface area contributed by atoms with Crippen LogP contribution in [0.5, 0.6) is 0 Å². The minimum Gasteiger partial charge on any atom is -0.309 e. The van der Waals surface area contributed by atoms with E-state index in [0.29, 0.717) is 43.6 Å². The van der Waals surface area contributed by atoms with Gasteiger partial charge in [0.05, 0.1) is 45.6 Å². The Morgan fingerprint density at radius 3 is 1.21 bits per heavy atom. The van der Waals surface area contributed by atoms with Gasteiger partial charge in [0, 0.05) is 21.5 Å². The van der Waals surface area contributed by atoms with E-state index in [1.54, 1.807) is 24.3 Å². The number of alkyl halides is 6. The lowest BCUT2D eigenvalue weighted by Crippen LogP contribution is -2.16. The quantitative estimate of drug-likeness (QED) is 0.129. The summed E-state index contributed by atoms with van der Waals surface area (Å²) in [5.41, 5.74) is 1.26. The fraction of sp³-hybridized carbons (Fsp3) is 0.140. The minimum atomic E-state index is -4.98. The number of aromatic nitrogens is 2. The summed E-state index contributed by atoms with van der Waals surface area (Å²) in [5, 5.41) is 2.78. The van der Waals surface area contributed by atoms with Gasteiger partial charge in [0.15, 0.2) is 5.69 Å². The highest BCUT2D eigenvalue weighted by atomic mass is 19.4. The van der Waals surface area contributed by atoms with Crippen molar-refractivity contribution in [3.05, 3.63) is 148 Å². The monoisotopic (exact) mass is 701 g/mol. The number of rotatable bonds is 3. The first-order chi connectivity index (χ1) is 24.7. The van der Waals surface area contributed by atoms with Crippen LogP contribution in [0.3, 0.4) is 0 Å². The number of nitrogens with zero attached hydrogens (tertiary/aromatic N) is 3. The molecule has 0 bridgehead atoms. The molecule has 0 N–H and O–H groups in total. The maximum Gasteiger partial charge on any atom is 0.420 e. The van der Waals surface area contributed by atoms with E-state index >= 15 is 13.2 Å². The van der Waals surface area contributed by atoms with Crippen molar-refractivity contribution in [3.63, 3.8) is 0 Å². The number of fused-ring (bicyclic) bond motifs is 6. The summed E-state index contributed by atoms with van der Waals surface area (Å²) in [4.78, 5) is 3.44. The van der Waals surface area contributed by atoms with Crippen molar-refractivity contribution >= 4 is 49.3 Å². The van der Waals surface area contributed by atoms with Gasteiger partial charge in [-0.3, -0.25) is 0 Å². The summed E-state index contributed by atoms with van der Waals surface area (Å²) in [6, 6.07) is 27.7. The topological polar surface area (TPSA) is 14.2 Å². The largest absolute Gasteiger partial charge is 0.420 e. The summed E-state index contributed by atoms with van der Waals surface area (Å²) in [6.07, 6.45) is -9.89. The van der Waals surface area contributed by atoms with Gasteiger partial charge in [-0.15, -0.1) is 0 Å². The van der Waals surface area contributed by atoms with Crippen LogP contribution in [0.15, 0.2) is 103 Å². The van der Waals surface area contributed by atoms with Crippen LogP contribution in [0.4, 0.5) is 32.0 Å². The van der Waals surface area contributed by atoms with E-state index in [4.69, 9.17) is 6.57 Å². The van der Waals surface area contributed by atoms with Crippen LogP contribution in [0.2, 0.25) is 0 Å². The Morgan fingerprint density at radius 2 is 0.885 bits per heavy atom. The standard InChI is InChI=1S/C43H29F6N3/c1-23-9-13-28-29-14-10-24(2)18-35(29)51(34(28)17-23)38-21-27(40-32(42(44,45)46)7-6-8-33(40)50-5)22-39(41(38)43(47,48)49)52-36-19-25(3)11-15-30(36)31-16-12-26(4)20-37(31)52/h6-22H,1-4H3. The molecule has 0 aliphatic carbocycles. The predicted octanol–water partition coefficient (Wildman–Crippen LogP) is 13.4. The third kappa shape index (κ3) is 5.12. The number of aryl methyl sites for hydroxylation is 4. The highest BCUT2D eigenvalue weighted by molar-refractivity contribution is 6.11. The summed E-state index contributed by atoms with van der Waals surface area (Å²) in [5.74, 6) is 0. The molecule has 0 aliphatic heterocycles. The average molecular weight is 702 g/mol. The summed E-state index contributed by atoms with van der Waals surface area (Å²) >= 11 is 0. The highest BCUT2D eigenvalue weighted by Gasteiger charge is 2.41. The molecule has 0 radical (unpaired) electrons. The first-order valence-electron chi connectivity index (χ1n) is 16.5. The molecule has 6 aromatic carbocycles. The average Bonchev–Trinajstić information content (AvgIpc) is 3.56. The Morgan fingerprint density at radius 1 is 0.500 bits per heavy atom. The van der Waals surface area contributed by atoms with Gasteiger partial charge >= 0.3 is 12.4 Å². The van der Waals surface area contributed by atoms with Crippen molar-refractivity contribution in [2.24, 2.45) is 0 Å². The first kappa shape index (κ1) is 33.2. The molecule has 258 valence electrons. The second kappa shape index (κ2) is 11.5. The van der Waals surface area contributed by atoms with Gasteiger partial charge in [-0.25, -0.2) is 4.85 Å². The zero-order valence-electron chi connectivity index (χ0n) is 28.4. The Kier molecular flexibility index (Phi) is 7.33. The van der Waals surface area contributed by atoms with Gasteiger partial charge in [0.2, 0.25) is 0 Å². The molecule has 0 amide bonds. The van der Waals surface area contributed by atoms with Gasteiger partial charge in [-0.1, -0.05) is 66.7 Å². The Bertz CT molecular complexity index is 2560. The fourth-order valence-corrected chi connectivity index (χ4v) is 7.57. The van der Waals surface area contributed by atoms with Crippen LogP contribution in [-0.4, -0.2) is 9.13 Å². The minimum absolute atomic E-state index is 0.164. The molecule has 0 aliphatic rings. The molecule has 0 saturated heterocycles. The van der Waals surface area contributed by atoms with Gasteiger partial charge in [-0.05, 0) is 97.5 Å². The van der Waals surface area contributed by atoms with Gasteiger partial charge < -0.3 is 9.13 Å². The van der Waals surface area contributed by atoms with Gasteiger partial charge in [0.25, 0.3) is 0 Å². The number of halogens is 6. The first-order valence-corrected chi connectivity index (χ1v) is 16.5. The van der Waals surface area contributed by atoms with Crippen molar-refractivity contribution in [1.29, 1.82) is 0 Å². The molecule has 0 saturated carbocycles. The summed E-state index contributed by atoms with van der Waals surface area (Å²) in [6.45, 7) is 15.2. The number of hydrogen-bond acceptors (Lipinski definition) is 0. The van der Waals surface area contributed by atoms with E-state index in [-0.39, 0.29) is 22.6 Å². The fourth-order valence-electron chi connectivity index (χ4n) is 7.57. The lowest BCUT2D eigenvalue weighted by Gasteiger charge is -2.24.